The Morgan fingerprint density at radius 3 is 2.67 bits per heavy atom. The van der Waals surface area contributed by atoms with Gasteiger partial charge in [-0.1, -0.05) is 39.2 Å². The van der Waals surface area contributed by atoms with Gasteiger partial charge in [0.15, 0.2) is 0 Å². The van der Waals surface area contributed by atoms with Gasteiger partial charge >= 0.3 is 0 Å². The van der Waals surface area contributed by atoms with E-state index in [-0.39, 0.29) is 11.8 Å². The highest BCUT2D eigenvalue weighted by Crippen LogP contribution is 2.26. The summed E-state index contributed by atoms with van der Waals surface area (Å²) in [6, 6.07) is 4.07. The Kier molecular flexibility index (Phi) is 5.77. The third-order valence-corrected chi connectivity index (χ3v) is 4.68. The molecule has 3 nitrogen and oxygen atoms in total. The first-order valence-corrected chi connectivity index (χ1v) is 8.28. The second-order valence-electron chi connectivity index (χ2n) is 6.64. The van der Waals surface area contributed by atoms with Crippen LogP contribution in [-0.4, -0.2) is 17.4 Å². The van der Waals surface area contributed by atoms with Crippen molar-refractivity contribution in [3.05, 3.63) is 29.6 Å². The van der Waals surface area contributed by atoms with Crippen LogP contribution >= 0.6 is 0 Å². The molecule has 1 aliphatic carbocycles. The number of hydrogen-bond acceptors (Lipinski definition) is 2. The number of nitrogens with one attached hydrogen (secondary N) is 1. The van der Waals surface area contributed by atoms with Crippen LogP contribution in [0.2, 0.25) is 0 Å². The minimum atomic E-state index is 0.233. The number of rotatable bonds is 5. The van der Waals surface area contributed by atoms with Crippen molar-refractivity contribution in [2.24, 2.45) is 11.8 Å². The summed E-state index contributed by atoms with van der Waals surface area (Å²) in [5.41, 5.74) is 2.33. The van der Waals surface area contributed by atoms with Gasteiger partial charge in [0.25, 0.3) is 0 Å². The molecule has 0 saturated heterocycles. The molecule has 0 aromatic carbocycles. The van der Waals surface area contributed by atoms with E-state index < -0.39 is 0 Å². The van der Waals surface area contributed by atoms with E-state index in [9.17, 15) is 4.79 Å². The lowest BCUT2D eigenvalue weighted by atomic mass is 9.87. The van der Waals surface area contributed by atoms with Gasteiger partial charge in [-0.25, -0.2) is 0 Å². The first kappa shape index (κ1) is 16.0. The van der Waals surface area contributed by atoms with Crippen molar-refractivity contribution in [1.82, 2.24) is 10.3 Å². The number of nitrogens with zero attached hydrogens (tertiary/aromatic N) is 1. The van der Waals surface area contributed by atoms with Gasteiger partial charge < -0.3 is 5.32 Å². The van der Waals surface area contributed by atoms with Crippen molar-refractivity contribution in [1.29, 1.82) is 0 Å². The number of carbonyl (C=O) groups excluding carboxylic acids is 1. The molecule has 1 saturated carbocycles. The van der Waals surface area contributed by atoms with Crippen LogP contribution in [0.15, 0.2) is 18.3 Å². The van der Waals surface area contributed by atoms with E-state index in [1.165, 1.54) is 24.8 Å². The summed E-state index contributed by atoms with van der Waals surface area (Å²) >= 11 is 0. The van der Waals surface area contributed by atoms with E-state index in [1.807, 2.05) is 12.3 Å². The summed E-state index contributed by atoms with van der Waals surface area (Å²) < 4.78 is 0. The molecule has 1 amide bonds. The number of pyridine rings is 1. The summed E-state index contributed by atoms with van der Waals surface area (Å²) in [4.78, 5) is 16.8. The smallest absolute Gasteiger partial charge is 0.223 e. The highest BCUT2D eigenvalue weighted by Gasteiger charge is 2.24. The molecule has 0 radical (unpaired) electrons. The number of carbonyl (C=O) groups is 1. The maximum atomic E-state index is 12.3. The second-order valence-corrected chi connectivity index (χ2v) is 6.64. The van der Waals surface area contributed by atoms with Gasteiger partial charge in [-0.3, -0.25) is 9.78 Å². The van der Waals surface area contributed by atoms with E-state index >= 15 is 0 Å². The van der Waals surface area contributed by atoms with Gasteiger partial charge in [-0.15, -0.1) is 0 Å². The summed E-state index contributed by atoms with van der Waals surface area (Å²) in [6.45, 7) is 7.20. The molecule has 0 bridgehead atoms. The van der Waals surface area contributed by atoms with Crippen molar-refractivity contribution in [3.63, 3.8) is 0 Å². The van der Waals surface area contributed by atoms with Crippen LogP contribution in [0.3, 0.4) is 0 Å². The highest BCUT2D eigenvalue weighted by molar-refractivity contribution is 5.78. The van der Waals surface area contributed by atoms with E-state index in [1.54, 1.807) is 0 Å². The molecule has 21 heavy (non-hydrogen) atoms. The van der Waals surface area contributed by atoms with E-state index in [4.69, 9.17) is 0 Å². The molecule has 1 atom stereocenters. The van der Waals surface area contributed by atoms with E-state index in [0.717, 1.165) is 18.5 Å². The van der Waals surface area contributed by atoms with E-state index in [0.29, 0.717) is 18.4 Å². The summed E-state index contributed by atoms with van der Waals surface area (Å²) in [7, 11) is 0. The summed E-state index contributed by atoms with van der Waals surface area (Å²) in [5.74, 6) is 1.23. The van der Waals surface area contributed by atoms with Crippen LogP contribution in [0.1, 0.15) is 63.1 Å². The molecule has 0 spiro atoms. The topological polar surface area (TPSA) is 42.0 Å². The molecule has 0 aliphatic heterocycles. The molecular formula is C18H28N2O. The molecule has 1 heterocycles. The lowest BCUT2D eigenvalue weighted by Crippen LogP contribution is -2.36. The number of aromatic nitrogens is 1. The van der Waals surface area contributed by atoms with Crippen LogP contribution < -0.4 is 5.32 Å². The fourth-order valence-corrected chi connectivity index (χ4v) is 3.25. The van der Waals surface area contributed by atoms with Crippen molar-refractivity contribution < 1.29 is 4.79 Å². The minimum absolute atomic E-state index is 0.233. The van der Waals surface area contributed by atoms with Gasteiger partial charge in [-0.05, 0) is 37.3 Å². The third kappa shape index (κ3) is 4.29. The zero-order chi connectivity index (χ0) is 15.2. The monoisotopic (exact) mass is 288 g/mol. The predicted octanol–water partition coefficient (Wildman–Crippen LogP) is 3.83. The molecule has 116 valence electrons. The first-order valence-electron chi connectivity index (χ1n) is 8.28. The van der Waals surface area contributed by atoms with Gasteiger partial charge in [0.05, 0.1) is 0 Å². The Morgan fingerprint density at radius 2 is 2.05 bits per heavy atom. The third-order valence-electron chi connectivity index (χ3n) is 4.68. The molecule has 1 aromatic heterocycles. The summed E-state index contributed by atoms with van der Waals surface area (Å²) in [5, 5.41) is 3.18. The van der Waals surface area contributed by atoms with E-state index in [2.05, 4.69) is 37.1 Å². The lowest BCUT2D eigenvalue weighted by molar-refractivity contribution is -0.126. The maximum Gasteiger partial charge on any atom is 0.223 e. The largest absolute Gasteiger partial charge is 0.355 e. The average Bonchev–Trinajstić information content (AvgIpc) is 2.49. The molecule has 2 rings (SSSR count). The van der Waals surface area contributed by atoms with Crippen LogP contribution in [0.4, 0.5) is 0 Å². The summed E-state index contributed by atoms with van der Waals surface area (Å²) in [6.07, 6.45) is 7.64. The molecule has 1 aromatic rings. The maximum absolute atomic E-state index is 12.3. The number of hydrogen-bond donors (Lipinski definition) is 1. The normalized spacial score (nSPS) is 17.7. The van der Waals surface area contributed by atoms with Gasteiger partial charge in [0.1, 0.15) is 0 Å². The fraction of sp³-hybridized carbons (Fsp3) is 0.667. The van der Waals surface area contributed by atoms with Crippen LogP contribution in [0.25, 0.3) is 0 Å². The van der Waals surface area contributed by atoms with Crippen LogP contribution in [-0.2, 0) is 4.79 Å². The highest BCUT2D eigenvalue weighted by atomic mass is 16.1. The fourth-order valence-electron chi connectivity index (χ4n) is 3.25. The zero-order valence-electron chi connectivity index (χ0n) is 13.6. The minimum Gasteiger partial charge on any atom is -0.355 e. The van der Waals surface area contributed by atoms with Crippen molar-refractivity contribution in [2.75, 3.05) is 6.54 Å². The van der Waals surface area contributed by atoms with Crippen LogP contribution in [0.5, 0.6) is 0 Å². The molecular weight excluding hydrogens is 260 g/mol. The molecule has 1 unspecified atom stereocenters. The predicted molar refractivity (Wildman–Crippen MR) is 86.1 cm³/mol. The second kappa shape index (κ2) is 7.58. The molecule has 3 heteroatoms. The number of amides is 1. The van der Waals surface area contributed by atoms with Gasteiger partial charge in [0, 0.05) is 30.3 Å². The van der Waals surface area contributed by atoms with Crippen molar-refractivity contribution in [2.45, 2.75) is 58.8 Å². The first-order chi connectivity index (χ1) is 10.1. The molecule has 1 fully saturated rings. The van der Waals surface area contributed by atoms with Crippen LogP contribution in [0, 0.1) is 18.8 Å². The quantitative estimate of drug-likeness (QED) is 0.894. The standard InChI is InChI=1S/C18H28N2O/c1-13(2)16(17-14(3)8-7-11-19-17)12-20-18(21)15-9-5-4-6-10-15/h7-8,11,13,15-16H,4-6,9-10,12H2,1-3H3,(H,20,21). The Morgan fingerprint density at radius 1 is 1.33 bits per heavy atom. The van der Waals surface area contributed by atoms with Crippen molar-refractivity contribution in [3.8, 4) is 0 Å². The SMILES string of the molecule is Cc1cccnc1C(CNC(=O)C1CCCCC1)C(C)C. The Bertz CT molecular complexity index is 464. The van der Waals surface area contributed by atoms with Gasteiger partial charge in [0.2, 0.25) is 5.91 Å². The molecule has 1 aliphatic rings. The van der Waals surface area contributed by atoms with Gasteiger partial charge in [-0.2, -0.15) is 0 Å². The van der Waals surface area contributed by atoms with Crippen molar-refractivity contribution >= 4 is 5.91 Å². The zero-order valence-corrected chi connectivity index (χ0v) is 13.6. The Hall–Kier alpha value is -1.38. The Labute approximate surface area is 128 Å². The molecule has 1 N–H and O–H groups in total. The number of aryl methyl sites for hydroxylation is 1. The lowest BCUT2D eigenvalue weighted by Gasteiger charge is -2.25. The average molecular weight is 288 g/mol. The Balaban J connectivity index is 1.97.